The van der Waals surface area contributed by atoms with Gasteiger partial charge in [-0.15, -0.1) is 0 Å². The Bertz CT molecular complexity index is 811. The number of aromatic amines is 1. The van der Waals surface area contributed by atoms with Crippen molar-refractivity contribution in [3.05, 3.63) is 33.1 Å². The largest absolute Gasteiger partial charge is 0.458 e. The number of nitrogens with zero attached hydrogens (tertiary/aromatic N) is 1. The highest BCUT2D eigenvalue weighted by atomic mass is 19.2. The number of hydrogen-bond donors (Lipinski definition) is 5. The summed E-state index contributed by atoms with van der Waals surface area (Å²) < 4.78 is 25.4. The maximum atomic E-state index is 15.1. The summed E-state index contributed by atoms with van der Waals surface area (Å²) in [5.74, 6) is -4.41. The molecule has 0 amide bonds. The molecule has 0 aliphatic carbocycles. The number of esters is 1. The van der Waals surface area contributed by atoms with Crippen LogP contribution in [0.2, 0.25) is 0 Å². The van der Waals surface area contributed by atoms with Crippen LogP contribution in [0.4, 0.5) is 4.39 Å². The minimum absolute atomic E-state index is 0.302. The van der Waals surface area contributed by atoms with E-state index in [0.717, 1.165) is 12.3 Å². The summed E-state index contributed by atoms with van der Waals surface area (Å²) in [6.07, 6.45) is -3.56. The Balaban J connectivity index is 2.33. The summed E-state index contributed by atoms with van der Waals surface area (Å²) in [5, 5.41) is 30.0. The van der Waals surface area contributed by atoms with Crippen LogP contribution in [0, 0.1) is 5.92 Å². The van der Waals surface area contributed by atoms with E-state index < -0.39 is 60.3 Å². The van der Waals surface area contributed by atoms with Crippen LogP contribution in [-0.2, 0) is 20.0 Å². The summed E-state index contributed by atoms with van der Waals surface area (Å²) in [4.78, 5) is 36.8. The molecule has 11 nitrogen and oxygen atoms in total. The molecule has 1 saturated heterocycles. The van der Waals surface area contributed by atoms with Crippen LogP contribution in [0.1, 0.15) is 13.8 Å². The molecule has 5 atom stereocenters. The van der Waals surface area contributed by atoms with Crippen molar-refractivity contribution in [1.29, 1.82) is 0 Å². The Morgan fingerprint density at radius 2 is 2.07 bits per heavy atom. The predicted molar refractivity (Wildman–Crippen MR) is 87.1 cm³/mol. The number of aliphatic hydroxyl groups is 3. The van der Waals surface area contributed by atoms with E-state index in [9.17, 15) is 29.7 Å². The minimum atomic E-state index is -3.15. The molecule has 27 heavy (non-hydrogen) atoms. The Kier molecular flexibility index (Phi) is 5.87. The summed E-state index contributed by atoms with van der Waals surface area (Å²) in [5.41, 5.74) is 1.23. The van der Waals surface area contributed by atoms with Gasteiger partial charge in [-0.1, -0.05) is 13.8 Å². The van der Waals surface area contributed by atoms with Crippen molar-refractivity contribution in [1.82, 2.24) is 9.55 Å². The van der Waals surface area contributed by atoms with Crippen LogP contribution in [0.15, 0.2) is 21.9 Å². The van der Waals surface area contributed by atoms with Gasteiger partial charge in [-0.2, -0.15) is 0 Å². The van der Waals surface area contributed by atoms with Gasteiger partial charge in [-0.25, -0.2) is 9.18 Å². The number of hydrogen-bond acceptors (Lipinski definition) is 9. The molecule has 1 aromatic heterocycles. The molecule has 12 heteroatoms. The van der Waals surface area contributed by atoms with Crippen LogP contribution in [0.25, 0.3) is 0 Å². The quantitative estimate of drug-likeness (QED) is 0.319. The smallest absolute Gasteiger partial charge is 0.330 e. The Labute approximate surface area is 152 Å². The van der Waals surface area contributed by atoms with E-state index >= 15 is 4.39 Å². The lowest BCUT2D eigenvalue weighted by molar-refractivity contribution is -0.259. The van der Waals surface area contributed by atoms with Crippen molar-refractivity contribution in [3.8, 4) is 0 Å². The molecule has 2 rings (SSSR count). The molecule has 0 aromatic carbocycles. The molecule has 0 unspecified atom stereocenters. The molecule has 0 spiro atoms. The van der Waals surface area contributed by atoms with Crippen molar-refractivity contribution in [2.24, 2.45) is 11.7 Å². The van der Waals surface area contributed by atoms with Crippen molar-refractivity contribution in [2.45, 2.75) is 43.7 Å². The molecule has 0 bridgehead atoms. The number of carbonyl (C=O) groups is 1. The molecule has 2 heterocycles. The summed E-state index contributed by atoms with van der Waals surface area (Å²) >= 11 is 0. The lowest BCUT2D eigenvalue weighted by atomic mass is 10.0. The number of H-pyrrole nitrogens is 1. The number of nitrogens with one attached hydrogen (secondary N) is 1. The van der Waals surface area contributed by atoms with E-state index in [1.165, 1.54) is 0 Å². The number of rotatable bonds is 6. The number of carbonyl (C=O) groups excluding carboxylic acids is 1. The lowest BCUT2D eigenvalue weighted by Crippen LogP contribution is -2.53. The second-order valence-corrected chi connectivity index (χ2v) is 6.64. The van der Waals surface area contributed by atoms with E-state index in [2.05, 4.69) is 0 Å². The third kappa shape index (κ3) is 3.66. The Hall–Kier alpha value is -2.12. The number of nitrogens with two attached hydrogens (primary N) is 1. The van der Waals surface area contributed by atoms with Gasteiger partial charge < -0.3 is 30.5 Å². The van der Waals surface area contributed by atoms with Gasteiger partial charge in [0.2, 0.25) is 5.72 Å². The van der Waals surface area contributed by atoms with E-state index in [1.54, 1.807) is 13.8 Å². The Morgan fingerprint density at radius 3 is 2.59 bits per heavy atom. The first kappa shape index (κ1) is 21.2. The van der Waals surface area contributed by atoms with E-state index in [0.29, 0.717) is 4.57 Å². The minimum Gasteiger partial charge on any atom is -0.458 e. The standard InChI is InChI=1S/C15H22FN3O8/c1-7(2)9(17)12(24)26-6-14(16)10(22)11(23)15(5-20,27-14)19-4-3-8(21)18-13(19)25/h3-4,7,9-11,20,22-23H,5-6,17H2,1-2H3,(H,18,21,25)/t9-,10-,11+,14+,15+/m0/s1. The highest BCUT2D eigenvalue weighted by molar-refractivity contribution is 5.75. The predicted octanol–water partition coefficient (Wildman–Crippen LogP) is -2.87. The average Bonchev–Trinajstić information content (AvgIpc) is 2.81. The fraction of sp³-hybridized carbons (Fsp3) is 0.667. The average molecular weight is 391 g/mol. The van der Waals surface area contributed by atoms with Crippen LogP contribution >= 0.6 is 0 Å². The topological polar surface area (TPSA) is 177 Å². The fourth-order valence-corrected chi connectivity index (χ4v) is 2.66. The van der Waals surface area contributed by atoms with Gasteiger partial charge in [0.05, 0.1) is 6.61 Å². The van der Waals surface area contributed by atoms with Gasteiger partial charge in [0, 0.05) is 12.3 Å². The first-order valence-corrected chi connectivity index (χ1v) is 8.09. The normalized spacial score (nSPS) is 31.9. The highest BCUT2D eigenvalue weighted by Gasteiger charge is 2.65. The summed E-state index contributed by atoms with van der Waals surface area (Å²) in [7, 11) is 0. The molecule has 0 radical (unpaired) electrons. The highest BCUT2D eigenvalue weighted by Crippen LogP contribution is 2.42. The van der Waals surface area contributed by atoms with Crippen molar-refractivity contribution in [2.75, 3.05) is 13.2 Å². The number of ether oxygens (including phenoxy) is 2. The summed E-state index contributed by atoms with van der Waals surface area (Å²) in [6, 6.07) is -0.178. The molecule has 6 N–H and O–H groups in total. The first-order chi connectivity index (χ1) is 12.5. The molecule has 0 saturated carbocycles. The van der Waals surface area contributed by atoms with Crippen LogP contribution < -0.4 is 17.0 Å². The first-order valence-electron chi connectivity index (χ1n) is 8.09. The third-order valence-electron chi connectivity index (χ3n) is 4.41. The zero-order valence-electron chi connectivity index (χ0n) is 14.7. The SMILES string of the molecule is CC(C)[C@H](N)C(=O)OC[C@@]1(F)O[C@@](CO)(n2ccc(=O)[nH]c2=O)[C@H](O)[C@@H]1O. The fourth-order valence-electron chi connectivity index (χ4n) is 2.66. The van der Waals surface area contributed by atoms with E-state index in [4.69, 9.17) is 15.2 Å². The number of alkyl halides is 1. The van der Waals surface area contributed by atoms with Crippen LogP contribution in [0.5, 0.6) is 0 Å². The second kappa shape index (κ2) is 7.48. The molecule has 1 aliphatic rings. The third-order valence-corrected chi connectivity index (χ3v) is 4.41. The molecular weight excluding hydrogens is 369 g/mol. The summed E-state index contributed by atoms with van der Waals surface area (Å²) in [6.45, 7) is 0.995. The van der Waals surface area contributed by atoms with Gasteiger partial charge in [0.15, 0.2) is 6.61 Å². The maximum Gasteiger partial charge on any atom is 0.330 e. The molecule has 1 fully saturated rings. The van der Waals surface area contributed by atoms with Gasteiger partial charge in [-0.3, -0.25) is 19.1 Å². The molecular formula is C15H22FN3O8. The lowest BCUT2D eigenvalue weighted by Gasteiger charge is -2.32. The maximum absolute atomic E-state index is 15.1. The number of halogens is 1. The molecule has 1 aromatic rings. The van der Waals surface area contributed by atoms with Gasteiger partial charge in [0.1, 0.15) is 18.2 Å². The van der Waals surface area contributed by atoms with Gasteiger partial charge in [0.25, 0.3) is 11.4 Å². The van der Waals surface area contributed by atoms with E-state index in [1.807, 2.05) is 4.98 Å². The molecule has 152 valence electrons. The zero-order chi connectivity index (χ0) is 20.6. The van der Waals surface area contributed by atoms with Crippen molar-refractivity contribution >= 4 is 5.97 Å². The monoisotopic (exact) mass is 391 g/mol. The van der Waals surface area contributed by atoms with Crippen LogP contribution in [-0.4, -0.2) is 68.2 Å². The van der Waals surface area contributed by atoms with Gasteiger partial charge >= 0.3 is 11.7 Å². The molecule has 1 aliphatic heterocycles. The van der Waals surface area contributed by atoms with E-state index in [-0.39, 0.29) is 5.92 Å². The Morgan fingerprint density at radius 1 is 1.44 bits per heavy atom. The second-order valence-electron chi connectivity index (χ2n) is 6.64. The van der Waals surface area contributed by atoms with Crippen molar-refractivity contribution in [3.63, 3.8) is 0 Å². The van der Waals surface area contributed by atoms with Crippen LogP contribution in [0.3, 0.4) is 0 Å². The number of aliphatic hydroxyl groups excluding tert-OH is 3. The van der Waals surface area contributed by atoms with Crippen molar-refractivity contribution < 1.29 is 34.0 Å². The van der Waals surface area contributed by atoms with Gasteiger partial charge in [-0.05, 0) is 5.92 Å². The number of aromatic nitrogens is 2. The zero-order valence-corrected chi connectivity index (χ0v) is 14.7.